The molecule has 0 unspecified atom stereocenters. The lowest BCUT2D eigenvalue weighted by Crippen LogP contribution is -2.50. The first-order chi connectivity index (χ1) is 9.06. The summed E-state index contributed by atoms with van der Waals surface area (Å²) < 4.78 is 5.75. The molecule has 1 heterocycles. The van der Waals surface area contributed by atoms with Gasteiger partial charge >= 0.3 is 6.03 Å². The molecular weight excluding hydrogens is 242 g/mol. The minimum atomic E-state index is -0.0895. The van der Waals surface area contributed by atoms with Gasteiger partial charge in [-0.15, -0.1) is 0 Å². The van der Waals surface area contributed by atoms with Crippen LogP contribution in [0.2, 0.25) is 0 Å². The molecule has 5 heteroatoms. The van der Waals surface area contributed by atoms with Crippen LogP contribution in [0.4, 0.5) is 4.79 Å². The number of benzene rings is 1. The van der Waals surface area contributed by atoms with Gasteiger partial charge in [0, 0.05) is 27.2 Å². The Morgan fingerprint density at radius 1 is 1.37 bits per heavy atom. The van der Waals surface area contributed by atoms with E-state index in [1.807, 2.05) is 31.2 Å². The molecule has 1 fully saturated rings. The molecule has 19 heavy (non-hydrogen) atoms. The second-order valence-corrected chi connectivity index (χ2v) is 5.03. The Labute approximate surface area is 113 Å². The molecule has 1 aromatic carbocycles. The summed E-state index contributed by atoms with van der Waals surface area (Å²) in [7, 11) is 3.46. The van der Waals surface area contributed by atoms with Crippen LogP contribution in [0.15, 0.2) is 24.3 Å². The first-order valence-electron chi connectivity index (χ1n) is 6.51. The Hall–Kier alpha value is -1.75. The number of hydrogen-bond donors (Lipinski definition) is 2. The van der Waals surface area contributed by atoms with E-state index >= 15 is 0 Å². The van der Waals surface area contributed by atoms with Crippen LogP contribution in [-0.2, 0) is 0 Å². The van der Waals surface area contributed by atoms with E-state index < -0.39 is 0 Å². The van der Waals surface area contributed by atoms with Crippen LogP contribution < -0.4 is 15.4 Å². The van der Waals surface area contributed by atoms with E-state index in [9.17, 15) is 4.79 Å². The van der Waals surface area contributed by atoms with Crippen LogP contribution in [0, 0.1) is 0 Å². The highest BCUT2D eigenvalue weighted by atomic mass is 16.5. The molecule has 0 saturated carbocycles. The van der Waals surface area contributed by atoms with Crippen molar-refractivity contribution in [1.82, 2.24) is 15.5 Å². The van der Waals surface area contributed by atoms with Crippen LogP contribution in [0.5, 0.6) is 5.75 Å². The van der Waals surface area contributed by atoms with Crippen LogP contribution in [-0.4, -0.2) is 44.2 Å². The van der Waals surface area contributed by atoms with Gasteiger partial charge in [-0.2, -0.15) is 0 Å². The highest BCUT2D eigenvalue weighted by Gasteiger charge is 2.18. The molecule has 2 N–H and O–H groups in total. The van der Waals surface area contributed by atoms with Gasteiger partial charge in [0.2, 0.25) is 0 Å². The predicted molar refractivity (Wildman–Crippen MR) is 74.4 cm³/mol. The third kappa shape index (κ3) is 3.61. The summed E-state index contributed by atoms with van der Waals surface area (Å²) in [6.45, 7) is 3.79. The van der Waals surface area contributed by atoms with Crippen molar-refractivity contribution in [2.24, 2.45) is 0 Å². The topological polar surface area (TPSA) is 53.6 Å². The van der Waals surface area contributed by atoms with Crippen LogP contribution in [0.3, 0.4) is 0 Å². The van der Waals surface area contributed by atoms with Crippen LogP contribution in [0.25, 0.3) is 0 Å². The summed E-state index contributed by atoms with van der Waals surface area (Å²) in [5.41, 5.74) is 1.06. The van der Waals surface area contributed by atoms with Gasteiger partial charge in [0.1, 0.15) is 11.9 Å². The van der Waals surface area contributed by atoms with E-state index in [-0.39, 0.29) is 18.2 Å². The van der Waals surface area contributed by atoms with E-state index in [2.05, 4.69) is 10.6 Å². The number of nitrogens with one attached hydrogen (secondary N) is 2. The summed E-state index contributed by atoms with van der Waals surface area (Å²) in [6.07, 6.45) is 0.289. The average Bonchev–Trinajstić information content (AvgIpc) is 2.34. The van der Waals surface area contributed by atoms with Gasteiger partial charge in [-0.3, -0.25) is 0 Å². The third-order valence-electron chi connectivity index (χ3n) is 3.17. The van der Waals surface area contributed by atoms with Crippen molar-refractivity contribution >= 4 is 6.03 Å². The van der Waals surface area contributed by atoms with Gasteiger partial charge in [0.25, 0.3) is 0 Å². The lowest BCUT2D eigenvalue weighted by atomic mass is 10.1. The Morgan fingerprint density at radius 2 is 2.00 bits per heavy atom. The molecule has 5 nitrogen and oxygen atoms in total. The fourth-order valence-electron chi connectivity index (χ4n) is 1.77. The number of urea groups is 1. The standard InChI is InChI=1S/C14H21N3O2/c1-10(16-14(18)17(2)3)11-4-6-12(7-5-11)19-13-8-15-9-13/h4-7,10,13,15H,8-9H2,1-3H3,(H,16,18)/t10-/m0/s1. The lowest BCUT2D eigenvalue weighted by Gasteiger charge is -2.28. The Morgan fingerprint density at radius 3 is 2.47 bits per heavy atom. The Bertz CT molecular complexity index is 427. The molecule has 1 aliphatic heterocycles. The third-order valence-corrected chi connectivity index (χ3v) is 3.17. The van der Waals surface area contributed by atoms with Gasteiger partial charge in [-0.25, -0.2) is 4.79 Å². The number of nitrogens with zero attached hydrogens (tertiary/aromatic N) is 1. The molecule has 0 bridgehead atoms. The zero-order valence-electron chi connectivity index (χ0n) is 11.6. The Kier molecular flexibility index (Phi) is 4.27. The smallest absolute Gasteiger partial charge is 0.317 e. The van der Waals surface area contributed by atoms with E-state index in [0.717, 1.165) is 24.4 Å². The fraction of sp³-hybridized carbons (Fsp3) is 0.500. The minimum absolute atomic E-state index is 0.0191. The zero-order valence-corrected chi connectivity index (χ0v) is 11.6. The van der Waals surface area contributed by atoms with Crippen LogP contribution >= 0.6 is 0 Å². The van der Waals surface area contributed by atoms with Gasteiger partial charge < -0.3 is 20.3 Å². The summed E-state index contributed by atoms with van der Waals surface area (Å²) in [4.78, 5) is 13.1. The van der Waals surface area contributed by atoms with Crippen molar-refractivity contribution < 1.29 is 9.53 Å². The summed E-state index contributed by atoms with van der Waals surface area (Å²) in [5.74, 6) is 0.876. The average molecular weight is 263 g/mol. The largest absolute Gasteiger partial charge is 0.488 e. The second-order valence-electron chi connectivity index (χ2n) is 5.03. The summed E-state index contributed by atoms with van der Waals surface area (Å²) >= 11 is 0. The quantitative estimate of drug-likeness (QED) is 0.862. The molecule has 0 radical (unpaired) electrons. The molecule has 0 spiro atoms. The number of amides is 2. The lowest BCUT2D eigenvalue weighted by molar-refractivity contribution is 0.142. The SMILES string of the molecule is C[C@H](NC(=O)N(C)C)c1ccc(OC2CNC2)cc1. The van der Waals surface area contributed by atoms with E-state index in [0.29, 0.717) is 0 Å². The van der Waals surface area contributed by atoms with Crippen molar-refractivity contribution in [3.8, 4) is 5.75 Å². The molecule has 0 aromatic heterocycles. The minimum Gasteiger partial charge on any atom is -0.488 e. The monoisotopic (exact) mass is 263 g/mol. The number of hydrogen-bond acceptors (Lipinski definition) is 3. The van der Waals surface area contributed by atoms with Crippen molar-refractivity contribution in [3.05, 3.63) is 29.8 Å². The van der Waals surface area contributed by atoms with Gasteiger partial charge in [-0.05, 0) is 24.6 Å². The number of carbonyl (C=O) groups excluding carboxylic acids is 1. The van der Waals surface area contributed by atoms with E-state index in [4.69, 9.17) is 4.74 Å². The first-order valence-corrected chi connectivity index (χ1v) is 6.51. The number of rotatable bonds is 4. The molecular formula is C14H21N3O2. The zero-order chi connectivity index (χ0) is 13.8. The Balaban J connectivity index is 1.91. The maximum atomic E-state index is 11.6. The second kappa shape index (κ2) is 5.93. The number of carbonyl (C=O) groups is 1. The molecule has 1 saturated heterocycles. The van der Waals surface area contributed by atoms with E-state index in [1.165, 1.54) is 4.90 Å². The fourth-order valence-corrected chi connectivity index (χ4v) is 1.77. The highest BCUT2D eigenvalue weighted by Crippen LogP contribution is 2.19. The maximum Gasteiger partial charge on any atom is 0.317 e. The van der Waals surface area contributed by atoms with Gasteiger partial charge in [-0.1, -0.05) is 12.1 Å². The molecule has 1 aliphatic rings. The van der Waals surface area contributed by atoms with Gasteiger partial charge in [0.05, 0.1) is 6.04 Å². The molecule has 104 valence electrons. The molecule has 2 rings (SSSR count). The van der Waals surface area contributed by atoms with E-state index in [1.54, 1.807) is 14.1 Å². The molecule has 0 aliphatic carbocycles. The van der Waals surface area contributed by atoms with Crippen LogP contribution in [0.1, 0.15) is 18.5 Å². The van der Waals surface area contributed by atoms with Crippen molar-refractivity contribution in [3.63, 3.8) is 0 Å². The summed E-state index contributed by atoms with van der Waals surface area (Å²) in [5, 5.41) is 6.08. The normalized spacial score (nSPS) is 16.4. The van der Waals surface area contributed by atoms with Crippen molar-refractivity contribution in [1.29, 1.82) is 0 Å². The molecule has 1 aromatic rings. The predicted octanol–water partition coefficient (Wildman–Crippen LogP) is 1.37. The molecule has 2 amide bonds. The molecule has 1 atom stereocenters. The van der Waals surface area contributed by atoms with Crippen molar-refractivity contribution in [2.45, 2.75) is 19.1 Å². The highest BCUT2D eigenvalue weighted by molar-refractivity contribution is 5.74. The number of ether oxygens (including phenoxy) is 1. The van der Waals surface area contributed by atoms with Gasteiger partial charge in [0.15, 0.2) is 0 Å². The first kappa shape index (κ1) is 13.7. The summed E-state index contributed by atoms with van der Waals surface area (Å²) in [6, 6.07) is 7.77. The van der Waals surface area contributed by atoms with Crippen molar-refractivity contribution in [2.75, 3.05) is 27.2 Å². The maximum absolute atomic E-state index is 11.6.